The van der Waals surface area contributed by atoms with Crippen molar-refractivity contribution < 1.29 is 18.4 Å². The van der Waals surface area contributed by atoms with Crippen LogP contribution in [0.25, 0.3) is 11.7 Å². The number of aromatic nitrogens is 2. The molecule has 0 saturated heterocycles. The molecule has 0 fully saturated rings. The predicted molar refractivity (Wildman–Crippen MR) is 103 cm³/mol. The first kappa shape index (κ1) is 19.5. The van der Waals surface area contributed by atoms with Gasteiger partial charge in [-0.2, -0.15) is 0 Å². The Morgan fingerprint density at radius 1 is 1.14 bits per heavy atom. The highest BCUT2D eigenvalue weighted by Crippen LogP contribution is 2.19. The SMILES string of the molecule is CCCN(CC(=O)Nc1ccccc1C(C)=O)Cc1nnc(-c2ccco2)o1. The Kier molecular flexibility index (Phi) is 6.33. The van der Waals surface area contributed by atoms with Crippen molar-refractivity contribution >= 4 is 17.4 Å². The molecule has 3 aromatic rings. The standard InChI is InChI=1S/C20H22N4O4/c1-3-10-24(13-19-22-23-20(28-19)17-9-6-11-27-17)12-18(26)21-16-8-5-4-7-15(16)14(2)25/h4-9,11H,3,10,12-13H2,1-2H3,(H,21,26). The summed E-state index contributed by atoms with van der Waals surface area (Å²) < 4.78 is 10.9. The molecule has 0 aliphatic heterocycles. The van der Waals surface area contributed by atoms with Gasteiger partial charge in [0.2, 0.25) is 11.8 Å². The molecule has 0 aliphatic rings. The number of Topliss-reactive ketones (excluding diaryl/α,β-unsaturated/α-hetero) is 1. The minimum Gasteiger partial charge on any atom is -0.459 e. The van der Waals surface area contributed by atoms with E-state index in [0.717, 1.165) is 6.42 Å². The van der Waals surface area contributed by atoms with Crippen LogP contribution in [0.3, 0.4) is 0 Å². The molecule has 8 nitrogen and oxygen atoms in total. The van der Waals surface area contributed by atoms with Crippen molar-refractivity contribution in [3.8, 4) is 11.7 Å². The van der Waals surface area contributed by atoms with Gasteiger partial charge in [-0.3, -0.25) is 14.5 Å². The highest BCUT2D eigenvalue weighted by Gasteiger charge is 2.17. The number of nitrogens with zero attached hydrogens (tertiary/aromatic N) is 3. The lowest BCUT2D eigenvalue weighted by Crippen LogP contribution is -2.33. The largest absolute Gasteiger partial charge is 0.459 e. The Morgan fingerprint density at radius 2 is 1.96 bits per heavy atom. The third-order valence-electron chi connectivity index (χ3n) is 4.05. The summed E-state index contributed by atoms with van der Waals surface area (Å²) in [6.45, 7) is 4.65. The van der Waals surface area contributed by atoms with E-state index in [2.05, 4.69) is 15.5 Å². The second kappa shape index (κ2) is 9.09. The van der Waals surface area contributed by atoms with Gasteiger partial charge in [0, 0.05) is 5.56 Å². The summed E-state index contributed by atoms with van der Waals surface area (Å²) in [6.07, 6.45) is 2.39. The first-order chi connectivity index (χ1) is 13.6. The summed E-state index contributed by atoms with van der Waals surface area (Å²) in [7, 11) is 0. The van der Waals surface area contributed by atoms with Crippen LogP contribution in [0.1, 0.15) is 36.5 Å². The van der Waals surface area contributed by atoms with Crippen LogP contribution < -0.4 is 5.32 Å². The molecule has 0 unspecified atom stereocenters. The number of para-hydroxylation sites is 1. The van der Waals surface area contributed by atoms with Crippen LogP contribution in [0.2, 0.25) is 0 Å². The molecule has 2 heterocycles. The topological polar surface area (TPSA) is 101 Å². The maximum Gasteiger partial charge on any atom is 0.283 e. The number of hydrogen-bond acceptors (Lipinski definition) is 7. The van der Waals surface area contributed by atoms with Crippen molar-refractivity contribution in [2.45, 2.75) is 26.8 Å². The molecule has 146 valence electrons. The third kappa shape index (κ3) is 4.92. The summed E-state index contributed by atoms with van der Waals surface area (Å²) >= 11 is 0. The summed E-state index contributed by atoms with van der Waals surface area (Å²) in [6, 6.07) is 10.4. The molecule has 1 N–H and O–H groups in total. The van der Waals surface area contributed by atoms with Crippen LogP contribution >= 0.6 is 0 Å². The minimum atomic E-state index is -0.215. The van der Waals surface area contributed by atoms with Gasteiger partial charge < -0.3 is 14.2 Å². The van der Waals surface area contributed by atoms with Gasteiger partial charge in [-0.05, 0) is 44.2 Å². The fourth-order valence-electron chi connectivity index (χ4n) is 2.83. The zero-order chi connectivity index (χ0) is 19.9. The van der Waals surface area contributed by atoms with Crippen molar-refractivity contribution in [1.29, 1.82) is 0 Å². The molecule has 2 aromatic heterocycles. The third-order valence-corrected chi connectivity index (χ3v) is 4.05. The first-order valence-corrected chi connectivity index (χ1v) is 9.05. The van der Waals surface area contributed by atoms with Crippen molar-refractivity contribution in [2.75, 3.05) is 18.4 Å². The average molecular weight is 382 g/mol. The average Bonchev–Trinajstić information content (AvgIpc) is 3.33. The van der Waals surface area contributed by atoms with Gasteiger partial charge in [0.25, 0.3) is 5.89 Å². The molecule has 3 rings (SSSR count). The normalized spacial score (nSPS) is 11.0. The van der Waals surface area contributed by atoms with Crippen LogP contribution in [-0.4, -0.2) is 39.9 Å². The summed E-state index contributed by atoms with van der Waals surface area (Å²) in [5.74, 6) is 0.887. The maximum absolute atomic E-state index is 12.5. The number of furan rings is 1. The second-order valence-corrected chi connectivity index (χ2v) is 6.34. The van der Waals surface area contributed by atoms with Gasteiger partial charge in [-0.25, -0.2) is 0 Å². The fraction of sp³-hybridized carbons (Fsp3) is 0.300. The Balaban J connectivity index is 1.64. The fourth-order valence-corrected chi connectivity index (χ4v) is 2.83. The van der Waals surface area contributed by atoms with Crippen molar-refractivity contribution in [3.05, 3.63) is 54.1 Å². The molecule has 0 aliphatic carbocycles. The molecule has 1 aromatic carbocycles. The van der Waals surface area contributed by atoms with E-state index in [4.69, 9.17) is 8.83 Å². The highest BCUT2D eigenvalue weighted by atomic mass is 16.4. The predicted octanol–water partition coefficient (Wildman–Crippen LogP) is 3.38. The minimum absolute atomic E-state index is 0.0994. The summed E-state index contributed by atoms with van der Waals surface area (Å²) in [5, 5.41) is 10.8. The number of nitrogens with one attached hydrogen (secondary N) is 1. The van der Waals surface area contributed by atoms with Crippen LogP contribution in [0.4, 0.5) is 5.69 Å². The van der Waals surface area contributed by atoms with E-state index in [1.165, 1.54) is 13.2 Å². The van der Waals surface area contributed by atoms with Gasteiger partial charge in [0.1, 0.15) is 0 Å². The molecule has 0 radical (unpaired) electrons. The summed E-state index contributed by atoms with van der Waals surface area (Å²) in [5.41, 5.74) is 0.993. The van der Waals surface area contributed by atoms with E-state index in [-0.39, 0.29) is 18.2 Å². The number of ketones is 1. The summed E-state index contributed by atoms with van der Waals surface area (Å²) in [4.78, 5) is 26.1. The lowest BCUT2D eigenvalue weighted by atomic mass is 10.1. The number of carbonyl (C=O) groups is 2. The monoisotopic (exact) mass is 382 g/mol. The van der Waals surface area contributed by atoms with Crippen molar-refractivity contribution in [1.82, 2.24) is 15.1 Å². The lowest BCUT2D eigenvalue weighted by Gasteiger charge is -2.19. The number of carbonyl (C=O) groups excluding carboxylic acids is 2. The Labute approximate surface area is 162 Å². The highest BCUT2D eigenvalue weighted by molar-refractivity contribution is 6.04. The van der Waals surface area contributed by atoms with E-state index in [0.29, 0.717) is 41.9 Å². The van der Waals surface area contributed by atoms with Crippen molar-refractivity contribution in [3.63, 3.8) is 0 Å². The maximum atomic E-state index is 12.5. The number of benzene rings is 1. The molecule has 0 saturated carbocycles. The first-order valence-electron chi connectivity index (χ1n) is 9.05. The Hall–Kier alpha value is -3.26. The van der Waals surface area contributed by atoms with Gasteiger partial charge in [0.15, 0.2) is 11.5 Å². The van der Waals surface area contributed by atoms with Crippen LogP contribution in [0.5, 0.6) is 0 Å². The van der Waals surface area contributed by atoms with Crippen LogP contribution in [0, 0.1) is 0 Å². The Morgan fingerprint density at radius 3 is 2.68 bits per heavy atom. The lowest BCUT2D eigenvalue weighted by molar-refractivity contribution is -0.117. The molecular weight excluding hydrogens is 360 g/mol. The molecule has 28 heavy (non-hydrogen) atoms. The number of rotatable bonds is 9. The van der Waals surface area contributed by atoms with Gasteiger partial charge >= 0.3 is 0 Å². The molecule has 0 bridgehead atoms. The van der Waals surface area contributed by atoms with E-state index < -0.39 is 0 Å². The van der Waals surface area contributed by atoms with Gasteiger partial charge in [-0.15, -0.1) is 10.2 Å². The molecule has 0 atom stereocenters. The zero-order valence-corrected chi connectivity index (χ0v) is 15.8. The second-order valence-electron chi connectivity index (χ2n) is 6.34. The van der Waals surface area contributed by atoms with E-state index >= 15 is 0 Å². The van der Waals surface area contributed by atoms with Crippen LogP contribution in [-0.2, 0) is 11.3 Å². The smallest absolute Gasteiger partial charge is 0.283 e. The van der Waals surface area contributed by atoms with E-state index in [1.54, 1.807) is 36.4 Å². The van der Waals surface area contributed by atoms with Crippen molar-refractivity contribution in [2.24, 2.45) is 0 Å². The van der Waals surface area contributed by atoms with E-state index in [1.807, 2.05) is 11.8 Å². The van der Waals surface area contributed by atoms with Gasteiger partial charge in [-0.1, -0.05) is 19.1 Å². The van der Waals surface area contributed by atoms with Crippen LogP contribution in [0.15, 0.2) is 51.5 Å². The molecule has 0 spiro atoms. The van der Waals surface area contributed by atoms with Gasteiger partial charge in [0.05, 0.1) is 25.0 Å². The number of amides is 1. The zero-order valence-electron chi connectivity index (χ0n) is 15.8. The van der Waals surface area contributed by atoms with E-state index in [9.17, 15) is 9.59 Å². The molecule has 1 amide bonds. The molecular formula is C20H22N4O4. The number of hydrogen-bond donors (Lipinski definition) is 1. The Bertz CT molecular complexity index is 933. The quantitative estimate of drug-likeness (QED) is 0.566. The number of anilines is 1. The molecule has 8 heteroatoms.